The maximum absolute atomic E-state index is 10.8. The molecule has 78 valence electrons. The maximum atomic E-state index is 10.8. The molecule has 0 heterocycles. The third-order valence-electron chi connectivity index (χ3n) is 2.01. The summed E-state index contributed by atoms with van der Waals surface area (Å²) in [5.41, 5.74) is -0.845. The molecule has 1 atom stereocenters. The first kappa shape index (κ1) is 12.7. The molecule has 0 saturated carbocycles. The number of hydrogen-bond donors (Lipinski definition) is 3. The number of likely N-dealkylation sites (N-methyl/N-ethyl adjacent to an activating group) is 1. The molecule has 0 spiro atoms. The van der Waals surface area contributed by atoms with Gasteiger partial charge < -0.3 is 15.5 Å². The number of thioether (sulfide) groups is 1. The average molecular weight is 207 g/mol. The van der Waals surface area contributed by atoms with E-state index >= 15 is 0 Å². The molecule has 0 radical (unpaired) electrons. The monoisotopic (exact) mass is 207 g/mol. The molecule has 0 aliphatic heterocycles. The highest BCUT2D eigenvalue weighted by molar-refractivity contribution is 7.99. The molecule has 0 amide bonds. The number of carbonyl (C=O) groups is 1. The van der Waals surface area contributed by atoms with Gasteiger partial charge in [0, 0.05) is 5.75 Å². The summed E-state index contributed by atoms with van der Waals surface area (Å²) in [7, 11) is 1.64. The van der Waals surface area contributed by atoms with Gasteiger partial charge in [0.05, 0.1) is 6.61 Å². The highest BCUT2D eigenvalue weighted by Gasteiger charge is 2.30. The Hall–Kier alpha value is -0.260. The summed E-state index contributed by atoms with van der Waals surface area (Å²) in [6.45, 7) is 1.81. The Balaban J connectivity index is 3.78. The van der Waals surface area contributed by atoms with Crippen LogP contribution in [-0.2, 0) is 4.79 Å². The summed E-state index contributed by atoms with van der Waals surface area (Å²) in [5.74, 6) is 0.573. The van der Waals surface area contributed by atoms with Crippen molar-refractivity contribution >= 4 is 17.7 Å². The topological polar surface area (TPSA) is 69.6 Å². The van der Waals surface area contributed by atoms with Crippen molar-refractivity contribution in [3.05, 3.63) is 0 Å². The summed E-state index contributed by atoms with van der Waals surface area (Å²) in [6, 6.07) is 0. The minimum atomic E-state index is -0.845. The predicted molar refractivity (Wildman–Crippen MR) is 54.1 cm³/mol. The van der Waals surface area contributed by atoms with Crippen molar-refractivity contribution in [2.45, 2.75) is 18.9 Å². The fraction of sp³-hybridized carbons (Fsp3) is 0.875. The van der Waals surface area contributed by atoms with Gasteiger partial charge in [0.2, 0.25) is 0 Å². The van der Waals surface area contributed by atoms with Crippen LogP contribution in [0, 0.1) is 0 Å². The summed E-state index contributed by atoms with van der Waals surface area (Å²) in [6.07, 6.45) is 0.559. The lowest BCUT2D eigenvalue weighted by Gasteiger charge is -2.23. The predicted octanol–water partition coefficient (Wildman–Crippen LogP) is 0.165. The van der Waals surface area contributed by atoms with Crippen molar-refractivity contribution in [1.82, 2.24) is 5.32 Å². The van der Waals surface area contributed by atoms with E-state index in [0.29, 0.717) is 12.2 Å². The number of carboxylic acid groups (broad SMARTS) is 1. The highest BCUT2D eigenvalue weighted by atomic mass is 32.2. The van der Waals surface area contributed by atoms with Gasteiger partial charge in [-0.2, -0.15) is 11.8 Å². The molecule has 0 rings (SSSR count). The molecule has 0 aromatic carbocycles. The van der Waals surface area contributed by atoms with Gasteiger partial charge in [0.15, 0.2) is 0 Å². The fourth-order valence-electron chi connectivity index (χ4n) is 0.782. The normalized spacial score (nSPS) is 15.3. The van der Waals surface area contributed by atoms with Crippen LogP contribution in [0.2, 0.25) is 0 Å². The lowest BCUT2D eigenvalue weighted by molar-refractivity contribution is -0.144. The molecule has 0 aliphatic carbocycles. The van der Waals surface area contributed by atoms with Crippen molar-refractivity contribution in [3.63, 3.8) is 0 Å². The summed E-state index contributed by atoms with van der Waals surface area (Å²) < 4.78 is 0. The minimum Gasteiger partial charge on any atom is -0.480 e. The molecule has 0 fully saturated rings. The lowest BCUT2D eigenvalue weighted by atomic mass is 10.00. The van der Waals surface area contributed by atoms with E-state index in [2.05, 4.69) is 5.32 Å². The van der Waals surface area contributed by atoms with Crippen molar-refractivity contribution in [3.8, 4) is 0 Å². The van der Waals surface area contributed by atoms with Gasteiger partial charge in [-0.3, -0.25) is 4.79 Å². The van der Waals surface area contributed by atoms with E-state index in [-0.39, 0.29) is 6.61 Å². The van der Waals surface area contributed by atoms with E-state index in [0.717, 1.165) is 5.75 Å². The summed E-state index contributed by atoms with van der Waals surface area (Å²) in [5, 5.41) is 20.2. The van der Waals surface area contributed by atoms with Gasteiger partial charge in [-0.15, -0.1) is 0 Å². The van der Waals surface area contributed by atoms with Crippen LogP contribution in [-0.4, -0.2) is 46.9 Å². The molecule has 0 aliphatic rings. The Labute approximate surface area is 82.7 Å². The average Bonchev–Trinajstić information content (AvgIpc) is 2.12. The quantitative estimate of drug-likeness (QED) is 0.519. The van der Waals surface area contributed by atoms with E-state index in [4.69, 9.17) is 10.2 Å². The first-order chi connectivity index (χ1) is 6.06. The van der Waals surface area contributed by atoms with Gasteiger partial charge in [-0.05, 0) is 26.1 Å². The third kappa shape index (κ3) is 4.50. The van der Waals surface area contributed by atoms with E-state index < -0.39 is 11.5 Å². The van der Waals surface area contributed by atoms with Gasteiger partial charge in [-0.1, -0.05) is 0 Å². The Morgan fingerprint density at radius 1 is 1.54 bits per heavy atom. The lowest BCUT2D eigenvalue weighted by Crippen LogP contribution is -2.47. The molecule has 1 unspecified atom stereocenters. The molecule has 5 heteroatoms. The largest absolute Gasteiger partial charge is 0.480 e. The Morgan fingerprint density at radius 2 is 2.15 bits per heavy atom. The zero-order valence-electron chi connectivity index (χ0n) is 8.04. The fourth-order valence-corrected chi connectivity index (χ4v) is 1.67. The molecular weight excluding hydrogens is 190 g/mol. The SMILES string of the molecule is CNC(C)(CCSCCO)C(=O)O. The minimum absolute atomic E-state index is 0.147. The number of aliphatic carboxylic acids is 1. The third-order valence-corrected chi connectivity index (χ3v) is 2.97. The Bertz CT molecular complexity index is 165. The van der Waals surface area contributed by atoms with Crippen LogP contribution in [0.4, 0.5) is 0 Å². The standard InChI is InChI=1S/C8H17NO3S/c1-8(9-2,7(11)12)3-5-13-6-4-10/h9-10H,3-6H2,1-2H3,(H,11,12). The van der Waals surface area contributed by atoms with Crippen molar-refractivity contribution in [2.75, 3.05) is 25.2 Å². The van der Waals surface area contributed by atoms with Crippen LogP contribution in [0.15, 0.2) is 0 Å². The summed E-state index contributed by atoms with van der Waals surface area (Å²) >= 11 is 1.56. The van der Waals surface area contributed by atoms with Gasteiger partial charge >= 0.3 is 5.97 Å². The Kier molecular flexibility index (Phi) is 6.11. The van der Waals surface area contributed by atoms with Crippen LogP contribution in [0.1, 0.15) is 13.3 Å². The maximum Gasteiger partial charge on any atom is 0.323 e. The first-order valence-corrected chi connectivity index (χ1v) is 5.33. The van der Waals surface area contributed by atoms with Crippen LogP contribution >= 0.6 is 11.8 Å². The van der Waals surface area contributed by atoms with Crippen LogP contribution < -0.4 is 5.32 Å². The molecule has 0 bridgehead atoms. The van der Waals surface area contributed by atoms with Gasteiger partial charge in [0.1, 0.15) is 5.54 Å². The second-order valence-corrected chi connectivity index (χ2v) is 4.20. The molecule has 13 heavy (non-hydrogen) atoms. The number of aliphatic hydroxyl groups is 1. The molecule has 3 N–H and O–H groups in total. The van der Waals surface area contributed by atoms with Gasteiger partial charge in [0.25, 0.3) is 0 Å². The number of rotatable bonds is 7. The Morgan fingerprint density at radius 3 is 2.54 bits per heavy atom. The van der Waals surface area contributed by atoms with E-state index in [1.165, 1.54) is 0 Å². The van der Waals surface area contributed by atoms with Crippen molar-refractivity contribution in [1.29, 1.82) is 0 Å². The van der Waals surface area contributed by atoms with Crippen LogP contribution in [0.5, 0.6) is 0 Å². The van der Waals surface area contributed by atoms with Crippen molar-refractivity contribution < 1.29 is 15.0 Å². The molecule has 0 saturated heterocycles. The summed E-state index contributed by atoms with van der Waals surface area (Å²) in [4.78, 5) is 10.8. The number of aliphatic hydroxyl groups excluding tert-OH is 1. The van der Waals surface area contributed by atoms with E-state index in [9.17, 15) is 4.79 Å². The molecule has 4 nitrogen and oxygen atoms in total. The number of nitrogens with one attached hydrogen (secondary N) is 1. The zero-order valence-corrected chi connectivity index (χ0v) is 8.86. The van der Waals surface area contributed by atoms with Crippen LogP contribution in [0.25, 0.3) is 0 Å². The first-order valence-electron chi connectivity index (χ1n) is 4.17. The molecular formula is C8H17NO3S. The second-order valence-electron chi connectivity index (χ2n) is 2.97. The number of hydrogen-bond acceptors (Lipinski definition) is 4. The van der Waals surface area contributed by atoms with Crippen LogP contribution in [0.3, 0.4) is 0 Å². The zero-order chi connectivity index (χ0) is 10.3. The van der Waals surface area contributed by atoms with E-state index in [1.54, 1.807) is 25.7 Å². The molecule has 0 aromatic heterocycles. The van der Waals surface area contributed by atoms with Gasteiger partial charge in [-0.25, -0.2) is 0 Å². The van der Waals surface area contributed by atoms with E-state index in [1.807, 2.05) is 0 Å². The smallest absolute Gasteiger partial charge is 0.323 e. The second kappa shape index (κ2) is 6.23. The highest BCUT2D eigenvalue weighted by Crippen LogP contribution is 2.13. The molecule has 0 aromatic rings. The number of carboxylic acids is 1. The van der Waals surface area contributed by atoms with Crippen molar-refractivity contribution in [2.24, 2.45) is 0 Å².